The molecule has 28 heavy (non-hydrogen) atoms. The number of ether oxygens (including phenoxy) is 1. The number of benzene rings is 1. The Labute approximate surface area is 173 Å². The molecule has 1 fully saturated rings. The Hall–Kier alpha value is -2.12. The van der Waals surface area contributed by atoms with Gasteiger partial charge in [0.05, 0.1) is 6.61 Å². The molecule has 0 spiro atoms. The summed E-state index contributed by atoms with van der Waals surface area (Å²) in [6, 6.07) is 8.05. The van der Waals surface area contributed by atoms with E-state index in [1.54, 1.807) is 0 Å². The lowest BCUT2D eigenvalue weighted by molar-refractivity contribution is 0.304. The van der Waals surface area contributed by atoms with Crippen molar-refractivity contribution in [3.8, 4) is 29.4 Å². The topological polar surface area (TPSA) is 9.23 Å². The average Bonchev–Trinajstić information content (AvgIpc) is 2.74. The molecule has 2 rings (SSSR count). The van der Waals surface area contributed by atoms with Crippen molar-refractivity contribution in [2.45, 2.75) is 78.1 Å². The van der Waals surface area contributed by atoms with Crippen LogP contribution in [0.5, 0.6) is 5.75 Å². The molecular weight excluding hydrogens is 340 g/mol. The second kappa shape index (κ2) is 14.0. The van der Waals surface area contributed by atoms with Crippen LogP contribution in [0.15, 0.2) is 36.4 Å². The summed E-state index contributed by atoms with van der Waals surface area (Å²) in [6.07, 6.45) is 16.6. The monoisotopic (exact) mass is 376 g/mol. The van der Waals surface area contributed by atoms with E-state index in [4.69, 9.17) is 4.74 Å². The van der Waals surface area contributed by atoms with Crippen molar-refractivity contribution in [3.05, 3.63) is 42.0 Å². The highest BCUT2D eigenvalue weighted by Gasteiger charge is 2.17. The third kappa shape index (κ3) is 9.19. The number of hydrogen-bond donors (Lipinski definition) is 0. The third-order valence-corrected chi connectivity index (χ3v) is 5.55. The highest BCUT2D eigenvalue weighted by Crippen LogP contribution is 2.29. The molecule has 0 aromatic heterocycles. The van der Waals surface area contributed by atoms with Crippen LogP contribution in [-0.2, 0) is 0 Å². The van der Waals surface area contributed by atoms with Crippen LogP contribution in [-0.4, -0.2) is 6.61 Å². The van der Waals surface area contributed by atoms with E-state index in [9.17, 15) is 0 Å². The van der Waals surface area contributed by atoms with Gasteiger partial charge in [0, 0.05) is 11.5 Å². The van der Waals surface area contributed by atoms with Crippen molar-refractivity contribution >= 4 is 0 Å². The zero-order valence-corrected chi connectivity index (χ0v) is 17.8. The average molecular weight is 377 g/mol. The van der Waals surface area contributed by atoms with Gasteiger partial charge in [-0.2, -0.15) is 0 Å². The number of hydrogen-bond acceptors (Lipinski definition) is 1. The van der Waals surface area contributed by atoms with E-state index >= 15 is 0 Å². The zero-order chi connectivity index (χ0) is 19.9. The molecule has 1 heteroatoms. The minimum atomic E-state index is 0.583. The summed E-state index contributed by atoms with van der Waals surface area (Å²) < 4.78 is 5.79. The van der Waals surface area contributed by atoms with E-state index in [0.717, 1.165) is 30.3 Å². The quantitative estimate of drug-likeness (QED) is 0.345. The molecule has 150 valence electrons. The van der Waals surface area contributed by atoms with Crippen LogP contribution < -0.4 is 4.74 Å². The molecule has 1 aromatic carbocycles. The molecule has 1 aliphatic carbocycles. The summed E-state index contributed by atoms with van der Waals surface area (Å²) in [5.74, 6) is 15.2. The Kier molecular flexibility index (Phi) is 11.1. The normalized spacial score (nSPS) is 18.8. The van der Waals surface area contributed by atoms with Gasteiger partial charge in [-0.15, -0.1) is 0 Å². The van der Waals surface area contributed by atoms with Crippen molar-refractivity contribution < 1.29 is 4.74 Å². The van der Waals surface area contributed by atoms with Gasteiger partial charge in [-0.1, -0.05) is 69.6 Å². The molecule has 1 saturated carbocycles. The van der Waals surface area contributed by atoms with Gasteiger partial charge in [0.15, 0.2) is 0 Å². The van der Waals surface area contributed by atoms with Gasteiger partial charge in [0.2, 0.25) is 0 Å². The van der Waals surface area contributed by atoms with Gasteiger partial charge < -0.3 is 4.74 Å². The molecule has 1 aromatic rings. The lowest BCUT2D eigenvalue weighted by Crippen LogP contribution is -2.12. The van der Waals surface area contributed by atoms with Gasteiger partial charge in [-0.25, -0.2) is 0 Å². The molecular formula is C27H36O. The summed E-state index contributed by atoms with van der Waals surface area (Å²) in [4.78, 5) is 0. The predicted molar refractivity (Wildman–Crippen MR) is 120 cm³/mol. The van der Waals surface area contributed by atoms with E-state index in [1.165, 1.54) is 57.8 Å². The minimum absolute atomic E-state index is 0.583. The first-order valence-electron chi connectivity index (χ1n) is 11.2. The van der Waals surface area contributed by atoms with Gasteiger partial charge in [0.1, 0.15) is 5.75 Å². The molecule has 0 amide bonds. The smallest absolute Gasteiger partial charge is 0.119 e. The van der Waals surface area contributed by atoms with Crippen LogP contribution in [0, 0.1) is 35.5 Å². The van der Waals surface area contributed by atoms with E-state index in [2.05, 4.69) is 37.5 Å². The molecule has 0 saturated heterocycles. The molecule has 0 aliphatic heterocycles. The lowest BCUT2D eigenvalue weighted by atomic mass is 9.81. The third-order valence-electron chi connectivity index (χ3n) is 5.55. The second-order valence-corrected chi connectivity index (χ2v) is 7.80. The van der Waals surface area contributed by atoms with E-state index in [1.807, 2.05) is 36.4 Å². The number of rotatable bonds is 8. The Morgan fingerprint density at radius 2 is 1.61 bits per heavy atom. The molecule has 0 bridgehead atoms. The molecule has 0 heterocycles. The molecule has 0 atom stereocenters. The lowest BCUT2D eigenvalue weighted by Gasteiger charge is -2.24. The second-order valence-electron chi connectivity index (χ2n) is 7.80. The largest absolute Gasteiger partial charge is 0.494 e. The van der Waals surface area contributed by atoms with Crippen LogP contribution in [0.1, 0.15) is 83.6 Å². The summed E-state index contributed by atoms with van der Waals surface area (Å²) in [5.41, 5.74) is 1.01. The maximum atomic E-state index is 5.79. The highest BCUT2D eigenvalue weighted by atomic mass is 16.5. The van der Waals surface area contributed by atoms with Gasteiger partial charge in [-0.3, -0.25) is 0 Å². The fraction of sp³-hybridized carbons (Fsp3) is 0.556. The molecule has 0 N–H and O–H groups in total. The van der Waals surface area contributed by atoms with Gasteiger partial charge >= 0.3 is 0 Å². The van der Waals surface area contributed by atoms with Crippen LogP contribution in [0.3, 0.4) is 0 Å². The standard InChI is InChI=1S/C27H36O/c1-3-5-6-9-12-23-28-27-21-19-26(20-22-27)14-11-8-7-10-13-25-17-15-24(4-2)16-18-25/h7-8,19-22,24-25H,3-6,9,12,15-18,23H2,1-2H3. The summed E-state index contributed by atoms with van der Waals surface area (Å²) in [7, 11) is 0. The Balaban J connectivity index is 1.67. The first-order chi connectivity index (χ1) is 13.8. The van der Waals surface area contributed by atoms with Crippen LogP contribution in [0.25, 0.3) is 0 Å². The van der Waals surface area contributed by atoms with Crippen LogP contribution >= 0.6 is 0 Å². The van der Waals surface area contributed by atoms with Crippen molar-refractivity contribution in [1.82, 2.24) is 0 Å². The van der Waals surface area contributed by atoms with Gasteiger partial charge in [0.25, 0.3) is 0 Å². The van der Waals surface area contributed by atoms with Crippen LogP contribution in [0.2, 0.25) is 0 Å². The van der Waals surface area contributed by atoms with E-state index in [0.29, 0.717) is 5.92 Å². The maximum Gasteiger partial charge on any atom is 0.119 e. The number of unbranched alkanes of at least 4 members (excludes halogenated alkanes) is 4. The van der Waals surface area contributed by atoms with Crippen molar-refractivity contribution in [2.75, 3.05) is 6.61 Å². The van der Waals surface area contributed by atoms with Crippen molar-refractivity contribution in [1.29, 1.82) is 0 Å². The molecule has 1 nitrogen and oxygen atoms in total. The Morgan fingerprint density at radius 1 is 0.893 bits per heavy atom. The van der Waals surface area contributed by atoms with Crippen molar-refractivity contribution in [3.63, 3.8) is 0 Å². The molecule has 1 aliphatic rings. The van der Waals surface area contributed by atoms with Gasteiger partial charge in [-0.05, 0) is 74.4 Å². The maximum absolute atomic E-state index is 5.79. The van der Waals surface area contributed by atoms with Crippen LogP contribution in [0.4, 0.5) is 0 Å². The highest BCUT2D eigenvalue weighted by molar-refractivity contribution is 5.40. The Morgan fingerprint density at radius 3 is 2.32 bits per heavy atom. The minimum Gasteiger partial charge on any atom is -0.494 e. The predicted octanol–water partition coefficient (Wildman–Crippen LogP) is 7.16. The zero-order valence-electron chi connectivity index (χ0n) is 17.8. The van der Waals surface area contributed by atoms with Crippen molar-refractivity contribution in [2.24, 2.45) is 11.8 Å². The Bertz CT molecular complexity index is 682. The van der Waals surface area contributed by atoms with E-state index in [-0.39, 0.29) is 0 Å². The summed E-state index contributed by atoms with van der Waals surface area (Å²) in [6.45, 7) is 5.34. The summed E-state index contributed by atoms with van der Waals surface area (Å²) >= 11 is 0. The number of allylic oxidation sites excluding steroid dienone is 2. The fourth-order valence-corrected chi connectivity index (χ4v) is 3.62. The SMILES string of the molecule is CCCCCCCOc1ccc(C#CC=CC#CC2CCC(CC)CC2)cc1. The first kappa shape index (κ1) is 22.2. The fourth-order valence-electron chi connectivity index (χ4n) is 3.62. The summed E-state index contributed by atoms with van der Waals surface area (Å²) in [5, 5.41) is 0. The molecule has 0 unspecified atom stereocenters. The first-order valence-corrected chi connectivity index (χ1v) is 11.2. The molecule has 0 radical (unpaired) electrons. The van der Waals surface area contributed by atoms with E-state index < -0.39 is 0 Å².